The zero-order chi connectivity index (χ0) is 28.1. The third kappa shape index (κ3) is 5.64. The lowest BCUT2D eigenvalue weighted by molar-refractivity contribution is -0.156. The smallest absolute Gasteiger partial charge is 0.479 e. The van der Waals surface area contributed by atoms with Gasteiger partial charge in [-0.3, -0.25) is 0 Å². The quantitative estimate of drug-likeness (QED) is 0.188. The van der Waals surface area contributed by atoms with Crippen molar-refractivity contribution in [1.82, 2.24) is 0 Å². The fourth-order valence-corrected chi connectivity index (χ4v) is 4.46. The molecule has 4 aromatic carbocycles. The zero-order valence-corrected chi connectivity index (χ0v) is 21.1. The molecule has 0 bridgehead atoms. The van der Waals surface area contributed by atoms with Gasteiger partial charge in [-0.1, -0.05) is 72.8 Å². The molecule has 1 aliphatic rings. The van der Waals surface area contributed by atoms with Crippen LogP contribution in [0.5, 0.6) is 0 Å². The minimum Gasteiger partial charge on any atom is -0.479 e. The van der Waals surface area contributed by atoms with Gasteiger partial charge in [-0.05, 0) is 59.1 Å². The molecule has 9 heteroatoms. The number of hydrogen-bond acceptors (Lipinski definition) is 6. The SMILES string of the molecule is N#C/C(=C\c1ccc(B2O[C@@H](C(=O)O)[C@H](C(=O)O)O2)cc1)c1ccc(N(c2ccccc2)c2ccccc2)cc1. The summed E-state index contributed by atoms with van der Waals surface area (Å²) in [6, 6.07) is 36.8. The van der Waals surface area contributed by atoms with Gasteiger partial charge < -0.3 is 24.4 Å². The highest BCUT2D eigenvalue weighted by Crippen LogP contribution is 2.34. The molecular formula is C31H23BN2O6. The van der Waals surface area contributed by atoms with E-state index >= 15 is 0 Å². The Morgan fingerprint density at radius 3 is 1.65 bits per heavy atom. The van der Waals surface area contributed by atoms with E-state index in [2.05, 4.69) is 11.0 Å². The standard InChI is InChI=1S/C31H23BN2O6/c33-20-23(19-21-11-15-24(16-12-21)32-39-28(30(35)36)29(40-32)31(37)38)22-13-17-27(18-14-22)34(25-7-3-1-4-8-25)26-9-5-2-6-10-26/h1-19,28-29H,(H,35,36)(H,37,38)/b23-19+/t28-,29-/m1/s1. The normalized spacial score (nSPS) is 16.8. The summed E-state index contributed by atoms with van der Waals surface area (Å²) < 4.78 is 10.6. The minimum atomic E-state index is -1.60. The Morgan fingerprint density at radius 1 is 0.725 bits per heavy atom. The molecule has 0 amide bonds. The average Bonchev–Trinajstić information content (AvgIpc) is 3.45. The molecule has 1 heterocycles. The second-order valence-corrected chi connectivity index (χ2v) is 9.01. The minimum absolute atomic E-state index is 0.454. The van der Waals surface area contributed by atoms with Crippen molar-refractivity contribution in [1.29, 1.82) is 5.26 Å². The number of para-hydroxylation sites is 2. The van der Waals surface area contributed by atoms with E-state index in [0.29, 0.717) is 11.0 Å². The van der Waals surface area contributed by atoms with Crippen LogP contribution >= 0.6 is 0 Å². The summed E-state index contributed by atoms with van der Waals surface area (Å²) in [5, 5.41) is 28.3. The highest BCUT2D eigenvalue weighted by Gasteiger charge is 2.48. The number of nitriles is 1. The molecule has 196 valence electrons. The summed E-state index contributed by atoms with van der Waals surface area (Å²) in [7, 11) is -1.12. The average molecular weight is 530 g/mol. The molecule has 1 aliphatic heterocycles. The van der Waals surface area contributed by atoms with E-state index in [-0.39, 0.29) is 0 Å². The van der Waals surface area contributed by atoms with Crippen LogP contribution in [-0.4, -0.2) is 41.5 Å². The van der Waals surface area contributed by atoms with E-state index in [1.54, 1.807) is 30.3 Å². The van der Waals surface area contributed by atoms with Crippen LogP contribution in [0.2, 0.25) is 0 Å². The zero-order valence-electron chi connectivity index (χ0n) is 21.1. The van der Waals surface area contributed by atoms with Crippen molar-refractivity contribution in [3.63, 3.8) is 0 Å². The van der Waals surface area contributed by atoms with Gasteiger partial charge >= 0.3 is 19.1 Å². The largest absolute Gasteiger partial charge is 0.495 e. The van der Waals surface area contributed by atoms with Gasteiger partial charge in [0.2, 0.25) is 0 Å². The van der Waals surface area contributed by atoms with Gasteiger partial charge in [0.15, 0.2) is 12.2 Å². The van der Waals surface area contributed by atoms with Gasteiger partial charge in [-0.15, -0.1) is 0 Å². The molecule has 0 spiro atoms. The lowest BCUT2D eigenvalue weighted by atomic mass is 9.79. The van der Waals surface area contributed by atoms with Gasteiger partial charge in [0.05, 0.1) is 11.6 Å². The Hall–Kier alpha value is -5.17. The van der Waals surface area contributed by atoms with Crippen molar-refractivity contribution in [3.05, 3.63) is 120 Å². The number of benzene rings is 4. The molecule has 0 radical (unpaired) electrons. The van der Waals surface area contributed by atoms with E-state index < -0.39 is 31.3 Å². The molecule has 4 aromatic rings. The van der Waals surface area contributed by atoms with E-state index in [1.807, 2.05) is 84.9 Å². The van der Waals surface area contributed by atoms with Crippen LogP contribution in [0.3, 0.4) is 0 Å². The van der Waals surface area contributed by atoms with Crippen LogP contribution in [0.4, 0.5) is 17.1 Å². The molecule has 1 saturated heterocycles. The number of carbonyl (C=O) groups is 2. The number of aliphatic carboxylic acids is 2. The predicted octanol–water partition coefficient (Wildman–Crippen LogP) is 4.87. The topological polar surface area (TPSA) is 120 Å². The molecule has 1 fully saturated rings. The van der Waals surface area contributed by atoms with Gasteiger partial charge in [0.1, 0.15) is 0 Å². The summed E-state index contributed by atoms with van der Waals surface area (Å²) in [6.07, 6.45) is -1.47. The number of rotatable bonds is 8. The number of anilines is 3. The van der Waals surface area contributed by atoms with Crippen LogP contribution in [0.15, 0.2) is 109 Å². The maximum atomic E-state index is 11.3. The molecule has 0 saturated carbocycles. The Kier molecular flexibility index (Phi) is 7.74. The molecule has 5 rings (SSSR count). The van der Waals surface area contributed by atoms with Gasteiger partial charge in [0.25, 0.3) is 0 Å². The fourth-order valence-electron chi connectivity index (χ4n) is 4.46. The van der Waals surface area contributed by atoms with Crippen LogP contribution < -0.4 is 10.4 Å². The highest BCUT2D eigenvalue weighted by molar-refractivity contribution is 6.62. The number of carboxylic acid groups (broad SMARTS) is 2. The first-order chi connectivity index (χ1) is 19.4. The third-order valence-corrected chi connectivity index (χ3v) is 6.41. The summed E-state index contributed by atoms with van der Waals surface area (Å²) in [5.41, 5.74) is 5.36. The van der Waals surface area contributed by atoms with E-state index in [4.69, 9.17) is 9.31 Å². The molecule has 8 nitrogen and oxygen atoms in total. The van der Waals surface area contributed by atoms with Gasteiger partial charge in [-0.2, -0.15) is 5.26 Å². The third-order valence-electron chi connectivity index (χ3n) is 6.41. The first kappa shape index (κ1) is 26.4. The summed E-state index contributed by atoms with van der Waals surface area (Å²) in [5.74, 6) is -2.82. The second-order valence-electron chi connectivity index (χ2n) is 9.01. The number of allylic oxidation sites excluding steroid dienone is 1. The Labute approximate surface area is 231 Å². The van der Waals surface area contributed by atoms with Crippen molar-refractivity contribution < 1.29 is 29.1 Å². The molecule has 2 N–H and O–H groups in total. The lowest BCUT2D eigenvalue weighted by Crippen LogP contribution is -2.36. The van der Waals surface area contributed by atoms with Gasteiger partial charge in [-0.25, -0.2) is 9.59 Å². The van der Waals surface area contributed by atoms with Crippen LogP contribution in [0, 0.1) is 11.3 Å². The molecule has 0 aliphatic carbocycles. The number of nitrogens with zero attached hydrogens (tertiary/aromatic N) is 2. The van der Waals surface area contributed by atoms with Crippen molar-refractivity contribution in [2.75, 3.05) is 4.90 Å². The maximum Gasteiger partial charge on any atom is 0.495 e. The molecule has 0 unspecified atom stereocenters. The van der Waals surface area contributed by atoms with Crippen molar-refractivity contribution >= 4 is 53.2 Å². The van der Waals surface area contributed by atoms with Crippen molar-refractivity contribution in [2.24, 2.45) is 0 Å². The number of carboxylic acids is 2. The molecule has 0 aromatic heterocycles. The van der Waals surface area contributed by atoms with E-state index in [9.17, 15) is 25.1 Å². The first-order valence-electron chi connectivity index (χ1n) is 12.4. The van der Waals surface area contributed by atoms with Crippen molar-refractivity contribution in [3.8, 4) is 6.07 Å². The fraction of sp³-hybridized carbons (Fsp3) is 0.0645. The maximum absolute atomic E-state index is 11.3. The lowest BCUT2D eigenvalue weighted by Gasteiger charge is -2.25. The Bertz CT molecular complexity index is 1510. The Balaban J connectivity index is 1.37. The molecule has 40 heavy (non-hydrogen) atoms. The van der Waals surface area contributed by atoms with Crippen molar-refractivity contribution in [2.45, 2.75) is 12.2 Å². The Morgan fingerprint density at radius 2 is 1.20 bits per heavy atom. The predicted molar refractivity (Wildman–Crippen MR) is 151 cm³/mol. The summed E-state index contributed by atoms with van der Waals surface area (Å²) in [6.45, 7) is 0. The molecule has 2 atom stereocenters. The summed E-state index contributed by atoms with van der Waals surface area (Å²) in [4.78, 5) is 24.8. The highest BCUT2D eigenvalue weighted by atomic mass is 16.7. The monoisotopic (exact) mass is 530 g/mol. The van der Waals surface area contributed by atoms with E-state index in [1.165, 1.54) is 0 Å². The molecular weight excluding hydrogens is 507 g/mol. The second kappa shape index (κ2) is 11.7. The summed E-state index contributed by atoms with van der Waals surface area (Å²) >= 11 is 0. The number of hydrogen-bond donors (Lipinski definition) is 2. The van der Waals surface area contributed by atoms with Gasteiger partial charge in [0, 0.05) is 17.1 Å². The van der Waals surface area contributed by atoms with Crippen LogP contribution in [-0.2, 0) is 18.9 Å². The first-order valence-corrected chi connectivity index (χ1v) is 12.4. The van der Waals surface area contributed by atoms with Crippen LogP contribution in [0.1, 0.15) is 11.1 Å². The van der Waals surface area contributed by atoms with Crippen LogP contribution in [0.25, 0.3) is 11.6 Å². The van der Waals surface area contributed by atoms with E-state index in [0.717, 1.165) is 28.2 Å².